The molecule has 1 aromatic heterocycles. The molecule has 4 nitrogen and oxygen atoms in total. The fourth-order valence-electron chi connectivity index (χ4n) is 1.84. The Labute approximate surface area is 99.2 Å². The topological polar surface area (TPSA) is 42.4 Å². The molecule has 16 heavy (non-hydrogen) atoms. The SMILES string of the molecule is CCN1CCc2nc(CC(=O)OC)sc2C1. The molecule has 5 heteroatoms. The molecule has 2 rings (SSSR count). The first-order valence-corrected chi connectivity index (χ1v) is 6.31. The third kappa shape index (κ3) is 2.41. The van der Waals surface area contributed by atoms with Crippen molar-refractivity contribution in [2.75, 3.05) is 20.2 Å². The molecule has 0 aromatic carbocycles. The van der Waals surface area contributed by atoms with Crippen molar-refractivity contribution in [3.63, 3.8) is 0 Å². The van der Waals surface area contributed by atoms with Gasteiger partial charge < -0.3 is 4.74 Å². The van der Waals surface area contributed by atoms with E-state index >= 15 is 0 Å². The lowest BCUT2D eigenvalue weighted by Crippen LogP contribution is -2.29. The van der Waals surface area contributed by atoms with Crippen molar-refractivity contribution in [2.24, 2.45) is 0 Å². The summed E-state index contributed by atoms with van der Waals surface area (Å²) in [6.07, 6.45) is 1.31. The molecule has 0 spiro atoms. The van der Waals surface area contributed by atoms with E-state index in [2.05, 4.69) is 21.5 Å². The maximum atomic E-state index is 11.1. The second kappa shape index (κ2) is 4.93. The number of carbonyl (C=O) groups is 1. The number of esters is 1. The van der Waals surface area contributed by atoms with Crippen LogP contribution in [0.3, 0.4) is 0 Å². The predicted octanol–water partition coefficient (Wildman–Crippen LogP) is 1.24. The standard InChI is InChI=1S/C11H16N2O2S/c1-3-13-5-4-8-9(7-13)16-10(12-8)6-11(14)15-2/h3-7H2,1-2H3. The van der Waals surface area contributed by atoms with Crippen molar-refractivity contribution in [1.29, 1.82) is 0 Å². The lowest BCUT2D eigenvalue weighted by molar-refractivity contribution is -0.139. The fraction of sp³-hybridized carbons (Fsp3) is 0.636. The van der Waals surface area contributed by atoms with Gasteiger partial charge in [0.2, 0.25) is 0 Å². The van der Waals surface area contributed by atoms with Crippen LogP contribution in [0.1, 0.15) is 22.5 Å². The van der Waals surface area contributed by atoms with Crippen molar-refractivity contribution in [2.45, 2.75) is 26.3 Å². The Morgan fingerprint density at radius 3 is 3.12 bits per heavy atom. The number of fused-ring (bicyclic) bond motifs is 1. The van der Waals surface area contributed by atoms with Crippen LogP contribution in [0.2, 0.25) is 0 Å². The zero-order chi connectivity index (χ0) is 11.5. The Balaban J connectivity index is 2.09. The minimum Gasteiger partial charge on any atom is -0.469 e. The van der Waals surface area contributed by atoms with Gasteiger partial charge in [-0.2, -0.15) is 0 Å². The normalized spacial score (nSPS) is 15.9. The minimum atomic E-state index is -0.210. The highest BCUT2D eigenvalue weighted by Crippen LogP contribution is 2.25. The monoisotopic (exact) mass is 240 g/mol. The first-order valence-electron chi connectivity index (χ1n) is 5.49. The smallest absolute Gasteiger partial charge is 0.312 e. The van der Waals surface area contributed by atoms with Crippen LogP contribution >= 0.6 is 11.3 Å². The van der Waals surface area contributed by atoms with E-state index in [0.29, 0.717) is 6.42 Å². The van der Waals surface area contributed by atoms with Crippen LogP contribution in [-0.2, 0) is 28.9 Å². The van der Waals surface area contributed by atoms with E-state index in [1.165, 1.54) is 17.7 Å². The number of rotatable bonds is 3. The van der Waals surface area contributed by atoms with Gasteiger partial charge in [0.05, 0.1) is 19.2 Å². The number of ether oxygens (including phenoxy) is 1. The highest BCUT2D eigenvalue weighted by molar-refractivity contribution is 7.11. The van der Waals surface area contributed by atoms with Crippen LogP contribution in [0.5, 0.6) is 0 Å². The number of hydrogen-bond donors (Lipinski definition) is 0. The van der Waals surface area contributed by atoms with Crippen LogP contribution in [0, 0.1) is 0 Å². The summed E-state index contributed by atoms with van der Waals surface area (Å²) in [6.45, 7) is 5.29. The largest absolute Gasteiger partial charge is 0.469 e. The molecule has 0 amide bonds. The van der Waals surface area contributed by atoms with E-state index in [-0.39, 0.29) is 5.97 Å². The molecule has 88 valence electrons. The predicted molar refractivity (Wildman–Crippen MR) is 62.5 cm³/mol. The Hall–Kier alpha value is -0.940. The summed E-state index contributed by atoms with van der Waals surface area (Å²) < 4.78 is 4.65. The molecule has 2 heterocycles. The van der Waals surface area contributed by atoms with E-state index in [9.17, 15) is 4.79 Å². The molecule has 1 aromatic rings. The van der Waals surface area contributed by atoms with Crippen molar-refractivity contribution in [3.8, 4) is 0 Å². The Bertz CT molecular complexity index is 389. The van der Waals surface area contributed by atoms with Gasteiger partial charge in [0.15, 0.2) is 0 Å². The number of thiazole rings is 1. The summed E-state index contributed by atoms with van der Waals surface area (Å²) in [5.74, 6) is -0.210. The van der Waals surface area contributed by atoms with Gasteiger partial charge in [-0.3, -0.25) is 9.69 Å². The lowest BCUT2D eigenvalue weighted by atomic mass is 10.2. The summed E-state index contributed by atoms with van der Waals surface area (Å²) in [6, 6.07) is 0. The number of nitrogens with zero attached hydrogens (tertiary/aromatic N) is 2. The van der Waals surface area contributed by atoms with E-state index in [0.717, 1.165) is 31.1 Å². The number of hydrogen-bond acceptors (Lipinski definition) is 5. The number of carbonyl (C=O) groups excluding carboxylic acids is 1. The van der Waals surface area contributed by atoms with Crippen molar-refractivity contribution in [1.82, 2.24) is 9.88 Å². The van der Waals surface area contributed by atoms with Gasteiger partial charge in [0, 0.05) is 24.4 Å². The van der Waals surface area contributed by atoms with Gasteiger partial charge in [-0.1, -0.05) is 6.92 Å². The molecule has 0 aliphatic carbocycles. The van der Waals surface area contributed by atoms with Crippen molar-refractivity contribution >= 4 is 17.3 Å². The molecule has 0 unspecified atom stereocenters. The molecular weight excluding hydrogens is 224 g/mol. The third-order valence-electron chi connectivity index (χ3n) is 2.83. The molecule has 0 saturated carbocycles. The molecular formula is C11H16N2O2S. The quantitative estimate of drug-likeness (QED) is 0.745. The summed E-state index contributed by atoms with van der Waals surface area (Å²) in [4.78, 5) is 19.4. The highest BCUT2D eigenvalue weighted by Gasteiger charge is 2.20. The number of aromatic nitrogens is 1. The van der Waals surface area contributed by atoms with Crippen LogP contribution in [0.25, 0.3) is 0 Å². The van der Waals surface area contributed by atoms with E-state index < -0.39 is 0 Å². The third-order valence-corrected chi connectivity index (χ3v) is 3.91. The Kier molecular flexibility index (Phi) is 3.56. The van der Waals surface area contributed by atoms with Gasteiger partial charge in [0.25, 0.3) is 0 Å². The summed E-state index contributed by atoms with van der Waals surface area (Å²) >= 11 is 1.64. The second-order valence-electron chi connectivity index (χ2n) is 3.85. The zero-order valence-electron chi connectivity index (χ0n) is 9.65. The summed E-state index contributed by atoms with van der Waals surface area (Å²) in [7, 11) is 1.41. The highest BCUT2D eigenvalue weighted by atomic mass is 32.1. The van der Waals surface area contributed by atoms with Crippen LogP contribution < -0.4 is 0 Å². The van der Waals surface area contributed by atoms with Crippen molar-refractivity contribution in [3.05, 3.63) is 15.6 Å². The first-order chi connectivity index (χ1) is 7.72. The first kappa shape index (κ1) is 11.5. The molecule has 0 saturated heterocycles. The van der Waals surface area contributed by atoms with Gasteiger partial charge in [-0.05, 0) is 6.54 Å². The number of likely N-dealkylation sites (N-methyl/N-ethyl adjacent to an activating group) is 1. The Morgan fingerprint density at radius 2 is 2.44 bits per heavy atom. The summed E-state index contributed by atoms with van der Waals surface area (Å²) in [5.41, 5.74) is 1.17. The molecule has 0 fully saturated rings. The summed E-state index contributed by atoms with van der Waals surface area (Å²) in [5, 5.41) is 0.884. The molecule has 1 aliphatic heterocycles. The van der Waals surface area contributed by atoms with Crippen LogP contribution in [-0.4, -0.2) is 36.1 Å². The van der Waals surface area contributed by atoms with Crippen LogP contribution in [0.15, 0.2) is 0 Å². The van der Waals surface area contributed by atoms with E-state index in [4.69, 9.17) is 0 Å². The number of methoxy groups -OCH3 is 1. The minimum absolute atomic E-state index is 0.210. The molecule has 0 bridgehead atoms. The van der Waals surface area contributed by atoms with E-state index in [1.807, 2.05) is 0 Å². The molecule has 0 radical (unpaired) electrons. The maximum absolute atomic E-state index is 11.1. The molecule has 1 aliphatic rings. The van der Waals surface area contributed by atoms with Gasteiger partial charge >= 0.3 is 5.97 Å². The Morgan fingerprint density at radius 1 is 1.62 bits per heavy atom. The zero-order valence-corrected chi connectivity index (χ0v) is 10.5. The maximum Gasteiger partial charge on any atom is 0.312 e. The average Bonchev–Trinajstić information content (AvgIpc) is 2.69. The van der Waals surface area contributed by atoms with Crippen LogP contribution in [0.4, 0.5) is 0 Å². The van der Waals surface area contributed by atoms with Gasteiger partial charge in [0.1, 0.15) is 5.01 Å². The molecule has 0 N–H and O–H groups in total. The van der Waals surface area contributed by atoms with Crippen molar-refractivity contribution < 1.29 is 9.53 Å². The van der Waals surface area contributed by atoms with Gasteiger partial charge in [-0.25, -0.2) is 4.98 Å². The fourth-order valence-corrected chi connectivity index (χ4v) is 2.99. The van der Waals surface area contributed by atoms with E-state index in [1.54, 1.807) is 11.3 Å². The van der Waals surface area contributed by atoms with Gasteiger partial charge in [-0.15, -0.1) is 11.3 Å². The lowest BCUT2D eigenvalue weighted by Gasteiger charge is -2.23. The molecule has 0 atom stereocenters. The average molecular weight is 240 g/mol. The second-order valence-corrected chi connectivity index (χ2v) is 5.02.